The molecule has 6 saturated carbocycles. The minimum Gasteiger partial charge on any atom is -0.325 e. The fourth-order valence-corrected chi connectivity index (χ4v) is 8.92. The van der Waals surface area contributed by atoms with Gasteiger partial charge < -0.3 is 5.73 Å². The first-order valence-corrected chi connectivity index (χ1v) is 23.2. The molecule has 0 heterocycles. The molecule has 2 atom stereocenters. The second kappa shape index (κ2) is 19.2. The van der Waals surface area contributed by atoms with E-state index in [1.807, 2.05) is 0 Å². The number of nitrogens with two attached hydrogens (primary N) is 1. The summed E-state index contributed by atoms with van der Waals surface area (Å²) in [6, 6.07) is 2.47. The summed E-state index contributed by atoms with van der Waals surface area (Å²) in [7, 11) is 0. The van der Waals surface area contributed by atoms with Gasteiger partial charge in [0.05, 0.1) is 11.5 Å². The lowest BCUT2D eigenvalue weighted by atomic mass is 9.62. The first-order chi connectivity index (χ1) is 24.3. The maximum Gasteiger partial charge on any atom is 0.111 e. The zero-order chi connectivity index (χ0) is 43.2. The van der Waals surface area contributed by atoms with Crippen LogP contribution in [0.4, 0.5) is 4.39 Å². The van der Waals surface area contributed by atoms with E-state index in [2.05, 4.69) is 138 Å². The molecule has 55 heavy (non-hydrogen) atoms. The van der Waals surface area contributed by atoms with Crippen LogP contribution in [0.2, 0.25) is 0 Å². The van der Waals surface area contributed by atoms with E-state index in [0.29, 0.717) is 38.4 Å². The molecule has 326 valence electrons. The highest BCUT2D eigenvalue weighted by molar-refractivity contribution is 5.06. The van der Waals surface area contributed by atoms with Gasteiger partial charge in [0.2, 0.25) is 0 Å². The molecular weight excluding hydrogens is 672 g/mol. The van der Waals surface area contributed by atoms with E-state index in [1.54, 1.807) is 6.92 Å². The SMILES string of the molecule is CC(C)(C)C1CCC1.CC(C)(C)CC1(C#N)CCC1.CC(C)(C)CC1(C)CC1.CC(C)(C)CC1(N)CC1.CC(C)(C)CC1CC1.CC(C)(C)CC1CC1(C)F. The first kappa shape index (κ1) is 52.4. The third kappa shape index (κ3) is 26.9. The number of halogens is 1. The number of rotatable bonds is 5. The second-order valence-electron chi connectivity index (χ2n) is 27.8. The predicted octanol–water partition coefficient (Wildman–Crippen LogP) is 17.1. The molecule has 0 amide bonds. The topological polar surface area (TPSA) is 49.8 Å². The van der Waals surface area contributed by atoms with Crippen LogP contribution in [0, 0.1) is 72.4 Å². The third-order valence-corrected chi connectivity index (χ3v) is 12.4. The van der Waals surface area contributed by atoms with Crippen LogP contribution in [0.15, 0.2) is 0 Å². The van der Waals surface area contributed by atoms with Gasteiger partial charge >= 0.3 is 0 Å². The molecule has 6 aliphatic rings. The van der Waals surface area contributed by atoms with Crippen LogP contribution < -0.4 is 5.73 Å². The van der Waals surface area contributed by atoms with E-state index in [0.717, 1.165) is 49.4 Å². The van der Waals surface area contributed by atoms with Gasteiger partial charge in [-0.2, -0.15) is 5.26 Å². The zero-order valence-corrected chi connectivity index (χ0v) is 41.4. The summed E-state index contributed by atoms with van der Waals surface area (Å²) < 4.78 is 13.0. The Kier molecular flexibility index (Phi) is 18.3. The van der Waals surface area contributed by atoms with Crippen molar-refractivity contribution in [3.8, 4) is 6.07 Å². The molecule has 0 saturated heterocycles. The Morgan fingerprint density at radius 3 is 1.07 bits per heavy atom. The number of hydrogen-bond donors (Lipinski definition) is 1. The Morgan fingerprint density at radius 2 is 0.982 bits per heavy atom. The van der Waals surface area contributed by atoms with E-state index < -0.39 is 5.67 Å². The molecule has 3 heteroatoms. The van der Waals surface area contributed by atoms with Crippen molar-refractivity contribution in [1.82, 2.24) is 0 Å². The highest BCUT2D eigenvalue weighted by atomic mass is 19.1. The van der Waals surface area contributed by atoms with E-state index in [4.69, 9.17) is 11.0 Å². The average molecular weight is 773 g/mol. The summed E-state index contributed by atoms with van der Waals surface area (Å²) in [4.78, 5) is 0. The molecule has 2 N–H and O–H groups in total. The number of nitriles is 1. The van der Waals surface area contributed by atoms with Gasteiger partial charge in [0, 0.05) is 5.54 Å². The Labute approximate surface area is 346 Å². The highest BCUT2D eigenvalue weighted by Crippen LogP contribution is 2.53. The molecule has 0 aromatic carbocycles. The van der Waals surface area contributed by atoms with Gasteiger partial charge in [-0.05, 0) is 152 Å². The standard InChI is InChI=1S/C10H17N.C9H17F.C9H18.C8H17N.2C8H16/c1-9(2,3)7-10(8-11)5-4-6-10;1-8(2,3)5-7-6-9(7,4)10;1-8(2,3)7-9(4)5-6-9;1-7(2,3)6-8(9)4-5-8;1-8(2,3)6-7-4-5-7;1-8(2,3)7-5-4-6-7/h4-7H2,1-3H3;7H,5-6H2,1-4H3;5-7H2,1-4H3;4-6,9H2,1-3H3;2*7H,4-6H2,1-3H3. The summed E-state index contributed by atoms with van der Waals surface area (Å²) in [6.45, 7) is 45.0. The van der Waals surface area contributed by atoms with Crippen LogP contribution >= 0.6 is 0 Å². The van der Waals surface area contributed by atoms with Crippen molar-refractivity contribution >= 4 is 0 Å². The largest absolute Gasteiger partial charge is 0.325 e. The molecule has 0 spiro atoms. The number of nitrogens with zero attached hydrogens (tertiary/aromatic N) is 1. The molecule has 0 aliphatic heterocycles. The van der Waals surface area contributed by atoms with Gasteiger partial charge in [-0.3, -0.25) is 0 Å². The summed E-state index contributed by atoms with van der Waals surface area (Å²) >= 11 is 0. The molecule has 6 aliphatic carbocycles. The van der Waals surface area contributed by atoms with E-state index in [-0.39, 0.29) is 11.0 Å². The number of hydrogen-bond acceptors (Lipinski definition) is 2. The first-order valence-electron chi connectivity index (χ1n) is 23.2. The van der Waals surface area contributed by atoms with E-state index in [1.165, 1.54) is 83.5 Å². The van der Waals surface area contributed by atoms with Crippen LogP contribution in [0.1, 0.15) is 254 Å². The van der Waals surface area contributed by atoms with E-state index >= 15 is 0 Å². The lowest BCUT2D eigenvalue weighted by Gasteiger charge is -2.39. The molecular formula is C52H101FN2. The smallest absolute Gasteiger partial charge is 0.111 e. The van der Waals surface area contributed by atoms with Gasteiger partial charge in [0.1, 0.15) is 5.67 Å². The Hall–Kier alpha value is -0.620. The van der Waals surface area contributed by atoms with Gasteiger partial charge in [0.15, 0.2) is 0 Å². The van der Waals surface area contributed by atoms with Crippen LogP contribution in [0.3, 0.4) is 0 Å². The van der Waals surface area contributed by atoms with Crippen molar-refractivity contribution < 1.29 is 4.39 Å². The molecule has 6 fully saturated rings. The second-order valence-corrected chi connectivity index (χ2v) is 27.8. The third-order valence-electron chi connectivity index (χ3n) is 12.4. The molecule has 0 aromatic rings. The lowest BCUT2D eigenvalue weighted by Crippen LogP contribution is -2.32. The van der Waals surface area contributed by atoms with Gasteiger partial charge in [-0.1, -0.05) is 157 Å². The van der Waals surface area contributed by atoms with Crippen molar-refractivity contribution in [1.29, 1.82) is 5.26 Å². The summed E-state index contributed by atoms with van der Waals surface area (Å²) in [5, 5.41) is 8.95. The Morgan fingerprint density at radius 1 is 0.564 bits per heavy atom. The van der Waals surface area contributed by atoms with Gasteiger partial charge in [-0.15, -0.1) is 0 Å². The van der Waals surface area contributed by atoms with Crippen LogP contribution in [0.5, 0.6) is 0 Å². The normalized spacial score (nSPS) is 25.9. The summed E-state index contributed by atoms with van der Waals surface area (Å²) in [6.07, 6.45) is 23.2. The molecule has 2 nitrogen and oxygen atoms in total. The maximum absolute atomic E-state index is 13.0. The summed E-state index contributed by atoms with van der Waals surface area (Å²) in [5.41, 5.74) is 8.89. The van der Waals surface area contributed by atoms with Gasteiger partial charge in [-0.25, -0.2) is 4.39 Å². The van der Waals surface area contributed by atoms with Gasteiger partial charge in [0.25, 0.3) is 0 Å². The average Bonchev–Trinajstić information content (AvgIpc) is 3.73. The molecule has 0 radical (unpaired) electrons. The monoisotopic (exact) mass is 773 g/mol. The molecule has 0 aromatic heterocycles. The highest BCUT2D eigenvalue weighted by Gasteiger charge is 2.51. The quantitative estimate of drug-likeness (QED) is 0.303. The van der Waals surface area contributed by atoms with Crippen molar-refractivity contribution in [3.05, 3.63) is 0 Å². The van der Waals surface area contributed by atoms with Crippen molar-refractivity contribution in [2.45, 2.75) is 265 Å². The van der Waals surface area contributed by atoms with Crippen LogP contribution in [-0.2, 0) is 0 Å². The predicted molar refractivity (Wildman–Crippen MR) is 243 cm³/mol. The Bertz CT molecular complexity index is 1100. The molecule has 2 unspecified atom stereocenters. The van der Waals surface area contributed by atoms with Crippen molar-refractivity contribution in [3.63, 3.8) is 0 Å². The lowest BCUT2D eigenvalue weighted by molar-refractivity contribution is 0.133. The number of alkyl halides is 1. The zero-order valence-electron chi connectivity index (χ0n) is 41.4. The fourth-order valence-electron chi connectivity index (χ4n) is 8.92. The van der Waals surface area contributed by atoms with Crippen molar-refractivity contribution in [2.24, 2.45) is 66.8 Å². The molecule has 0 bridgehead atoms. The van der Waals surface area contributed by atoms with Crippen LogP contribution in [-0.4, -0.2) is 11.2 Å². The maximum atomic E-state index is 13.0. The van der Waals surface area contributed by atoms with Crippen molar-refractivity contribution in [2.75, 3.05) is 0 Å². The fraction of sp³-hybridized carbons (Fsp3) is 0.981. The molecule has 6 rings (SSSR count). The minimum absolute atomic E-state index is 0.0538. The summed E-state index contributed by atoms with van der Waals surface area (Å²) in [5.74, 6) is 2.46. The Balaban J connectivity index is 0.000000331. The van der Waals surface area contributed by atoms with E-state index in [9.17, 15) is 4.39 Å². The minimum atomic E-state index is -0.826. The van der Waals surface area contributed by atoms with Crippen LogP contribution in [0.25, 0.3) is 0 Å².